The predicted octanol–water partition coefficient (Wildman–Crippen LogP) is 5.75. The molecule has 0 spiro atoms. The zero-order chi connectivity index (χ0) is 44.2. The summed E-state index contributed by atoms with van der Waals surface area (Å²) in [5.41, 5.74) is 3.01. The minimum atomic E-state index is -2.99. The van der Waals surface area contributed by atoms with Gasteiger partial charge >= 0.3 is 6.03 Å². The van der Waals surface area contributed by atoms with Crippen molar-refractivity contribution in [1.29, 1.82) is 0 Å². The van der Waals surface area contributed by atoms with Gasteiger partial charge in [-0.1, -0.05) is 47.5 Å². The number of benzene rings is 3. The molecule has 5 amide bonds. The van der Waals surface area contributed by atoms with Crippen molar-refractivity contribution >= 4 is 47.0 Å². The lowest BCUT2D eigenvalue weighted by Gasteiger charge is -2.32. The number of nitrogens with zero attached hydrogens (tertiary/aromatic N) is 5. The summed E-state index contributed by atoms with van der Waals surface area (Å²) in [5.74, 6) is -0.838. The van der Waals surface area contributed by atoms with Gasteiger partial charge in [-0.15, -0.1) is 0 Å². The molecule has 4 aromatic rings. The molecule has 18 heteroatoms. The lowest BCUT2D eigenvalue weighted by Crippen LogP contribution is -2.58. The number of aliphatic hydroxyl groups is 1. The van der Waals surface area contributed by atoms with Crippen molar-refractivity contribution in [3.05, 3.63) is 112 Å². The van der Waals surface area contributed by atoms with Crippen molar-refractivity contribution in [3.8, 4) is 22.8 Å². The molecule has 0 unspecified atom stereocenters. The van der Waals surface area contributed by atoms with E-state index in [1.54, 1.807) is 60.8 Å². The average Bonchev–Trinajstić information content (AvgIpc) is 3.58. The third-order valence-electron chi connectivity index (χ3n) is 9.93. The number of alkyl halides is 2. The highest BCUT2D eigenvalue weighted by Gasteiger charge is 2.35. The summed E-state index contributed by atoms with van der Waals surface area (Å²) >= 11 is 12.4. The number of hydrogen-bond donors (Lipinski definition) is 4. The van der Waals surface area contributed by atoms with Crippen LogP contribution in [-0.2, 0) is 40.9 Å². The first-order valence-electron chi connectivity index (χ1n) is 19.6. The fourth-order valence-corrected chi connectivity index (χ4v) is 6.82. The molecular formula is C43H50Cl2F2N8O6. The lowest BCUT2D eigenvalue weighted by molar-refractivity contribution is -0.132. The van der Waals surface area contributed by atoms with E-state index < -0.39 is 61.3 Å². The second-order valence-corrected chi connectivity index (χ2v) is 15.7. The molecule has 1 saturated heterocycles. The van der Waals surface area contributed by atoms with E-state index in [4.69, 9.17) is 27.9 Å². The number of allylic oxidation sites excluding steroid dienone is 1. The summed E-state index contributed by atoms with van der Waals surface area (Å²) in [7, 11) is 5.86. The van der Waals surface area contributed by atoms with Crippen LogP contribution >= 0.6 is 23.2 Å². The smallest absolute Gasteiger partial charge is 0.319 e. The number of halogens is 4. The molecule has 1 aliphatic rings. The minimum Gasteiger partial charge on any atom is -0.457 e. The number of hydrogen-bond acceptors (Lipinski definition) is 8. The Kier molecular flexibility index (Phi) is 16.6. The van der Waals surface area contributed by atoms with Gasteiger partial charge in [-0.05, 0) is 88.0 Å². The van der Waals surface area contributed by atoms with E-state index in [2.05, 4.69) is 20.9 Å². The number of carbonyl (C=O) groups excluding carboxylic acids is 4. The fourth-order valence-electron chi connectivity index (χ4n) is 6.53. The molecule has 3 aromatic carbocycles. The summed E-state index contributed by atoms with van der Waals surface area (Å²) in [6.45, 7) is 0.936. The van der Waals surface area contributed by atoms with E-state index >= 15 is 0 Å². The van der Waals surface area contributed by atoms with Gasteiger partial charge in [-0.3, -0.25) is 14.4 Å². The number of urea groups is 1. The summed E-state index contributed by atoms with van der Waals surface area (Å²) in [6.07, 6.45) is 1.45. The van der Waals surface area contributed by atoms with Gasteiger partial charge in [0.1, 0.15) is 35.4 Å². The molecule has 3 atom stereocenters. The molecular weight excluding hydrogens is 833 g/mol. The van der Waals surface area contributed by atoms with Crippen LogP contribution in [0.15, 0.2) is 85.2 Å². The quantitative estimate of drug-likeness (QED) is 0.132. The molecule has 61 heavy (non-hydrogen) atoms. The van der Waals surface area contributed by atoms with E-state index in [1.807, 2.05) is 42.7 Å². The molecule has 14 nitrogen and oxygen atoms in total. The Bertz CT molecular complexity index is 2170. The van der Waals surface area contributed by atoms with E-state index in [1.165, 1.54) is 24.1 Å². The summed E-state index contributed by atoms with van der Waals surface area (Å²) < 4.78 is 36.6. The molecule has 1 aliphatic heterocycles. The molecule has 1 aromatic heterocycles. The van der Waals surface area contributed by atoms with Crippen LogP contribution in [0.25, 0.3) is 11.3 Å². The Morgan fingerprint density at radius 1 is 0.967 bits per heavy atom. The standard InChI is InChI=1S/C43H50Cl2F2N8O6/c1-27-40(57)50-35(26-56)41(58)48-18-6-20-54(19-5-7-28-8-13-31(44)14-9-28)42(59)34(22-38(46)47)51-43(60)55(27)24-30-10-15-32(45)21-37(30)61-33-16-11-29(12-17-33)36-23-49-39(53(36)4)25-52(2)3/h5,8-17,19,21,23,27,34-35,38,56H,6-7,18,20,22,24-26H2,1-4H3,(H,48,58)(H,50,57)(H,51,60)/b19-5+/t27-,34-,35-/m0/s1. The van der Waals surface area contributed by atoms with Crippen LogP contribution < -0.4 is 20.7 Å². The number of carbonyl (C=O) groups is 4. The molecule has 0 saturated carbocycles. The number of imidazole rings is 1. The van der Waals surface area contributed by atoms with Crippen molar-refractivity contribution in [2.24, 2.45) is 7.05 Å². The van der Waals surface area contributed by atoms with Gasteiger partial charge in [0.2, 0.25) is 24.1 Å². The van der Waals surface area contributed by atoms with Crippen LogP contribution in [-0.4, -0.2) is 111 Å². The second kappa shape index (κ2) is 21.8. The van der Waals surface area contributed by atoms with Crippen molar-refractivity contribution in [3.63, 3.8) is 0 Å². The van der Waals surface area contributed by atoms with Gasteiger partial charge in [0, 0.05) is 53.9 Å². The Morgan fingerprint density at radius 3 is 2.34 bits per heavy atom. The summed E-state index contributed by atoms with van der Waals surface area (Å²) in [4.78, 5) is 63.9. The van der Waals surface area contributed by atoms with Crippen LogP contribution in [0.1, 0.15) is 36.7 Å². The first kappa shape index (κ1) is 46.5. The largest absolute Gasteiger partial charge is 0.457 e. The first-order valence-corrected chi connectivity index (χ1v) is 20.4. The highest BCUT2D eigenvalue weighted by Crippen LogP contribution is 2.32. The van der Waals surface area contributed by atoms with Crippen LogP contribution in [0.5, 0.6) is 11.5 Å². The number of aromatic nitrogens is 2. The molecule has 0 aliphatic carbocycles. The topological polar surface area (TPSA) is 161 Å². The molecule has 2 heterocycles. The molecule has 1 fully saturated rings. The second-order valence-electron chi connectivity index (χ2n) is 14.8. The fraction of sp³-hybridized carbons (Fsp3) is 0.372. The molecule has 0 bridgehead atoms. The highest BCUT2D eigenvalue weighted by molar-refractivity contribution is 6.31. The van der Waals surface area contributed by atoms with Gasteiger partial charge in [0.05, 0.1) is 31.6 Å². The number of ether oxygens (including phenoxy) is 1. The average molecular weight is 884 g/mol. The van der Waals surface area contributed by atoms with E-state index in [-0.39, 0.29) is 31.8 Å². The number of aliphatic hydroxyl groups excluding tert-OH is 1. The van der Waals surface area contributed by atoms with Crippen molar-refractivity contribution in [2.75, 3.05) is 33.8 Å². The zero-order valence-electron chi connectivity index (χ0n) is 34.3. The number of amides is 5. The lowest BCUT2D eigenvalue weighted by atomic mass is 10.1. The van der Waals surface area contributed by atoms with Crippen LogP contribution in [0.2, 0.25) is 10.0 Å². The Morgan fingerprint density at radius 2 is 1.67 bits per heavy atom. The Labute approximate surface area is 363 Å². The van der Waals surface area contributed by atoms with Gasteiger partial charge in [0.15, 0.2) is 0 Å². The van der Waals surface area contributed by atoms with E-state index in [9.17, 15) is 33.1 Å². The molecule has 0 radical (unpaired) electrons. The Balaban J connectivity index is 1.45. The van der Waals surface area contributed by atoms with Gasteiger partial charge in [-0.2, -0.15) is 0 Å². The van der Waals surface area contributed by atoms with Crippen LogP contribution in [0.4, 0.5) is 13.6 Å². The van der Waals surface area contributed by atoms with Crippen molar-refractivity contribution in [1.82, 2.24) is 40.2 Å². The number of rotatable bonds is 13. The van der Waals surface area contributed by atoms with Crippen LogP contribution in [0.3, 0.4) is 0 Å². The zero-order valence-corrected chi connectivity index (χ0v) is 35.8. The maximum absolute atomic E-state index is 14.3. The van der Waals surface area contributed by atoms with Crippen LogP contribution in [0, 0.1) is 0 Å². The van der Waals surface area contributed by atoms with Gasteiger partial charge in [-0.25, -0.2) is 18.6 Å². The predicted molar refractivity (Wildman–Crippen MR) is 228 cm³/mol. The monoisotopic (exact) mass is 882 g/mol. The summed E-state index contributed by atoms with van der Waals surface area (Å²) in [6, 6.07) is 13.4. The van der Waals surface area contributed by atoms with E-state index in [0.717, 1.165) is 27.5 Å². The minimum absolute atomic E-state index is 0.0197. The molecule has 326 valence electrons. The SMILES string of the molecule is C[C@H]1C(=O)N[C@@H](CO)C(=O)NCCCN(/C=C/Cc2ccc(Cl)cc2)C(=O)[C@H](CC(F)F)NC(=O)N1Cc1ccc(Cl)cc1Oc1ccc(-c2cnc(CN(C)C)n2C)cc1. The Hall–Kier alpha value is -5.55. The first-order chi connectivity index (χ1) is 29.1. The number of nitrogens with one attached hydrogen (secondary N) is 3. The molecule has 5 rings (SSSR count). The third-order valence-corrected chi connectivity index (χ3v) is 10.4. The normalized spacial score (nSPS) is 18.6. The van der Waals surface area contributed by atoms with Gasteiger partial charge in [0.25, 0.3) is 0 Å². The van der Waals surface area contributed by atoms with Crippen molar-refractivity contribution < 1.29 is 37.8 Å². The third kappa shape index (κ3) is 13.0. The summed E-state index contributed by atoms with van der Waals surface area (Å²) in [5, 5.41) is 18.5. The maximum Gasteiger partial charge on any atom is 0.319 e. The van der Waals surface area contributed by atoms with Crippen molar-refractivity contribution in [2.45, 2.75) is 63.8 Å². The van der Waals surface area contributed by atoms with E-state index in [0.29, 0.717) is 34.3 Å². The van der Waals surface area contributed by atoms with Gasteiger partial charge < -0.3 is 45.1 Å². The maximum atomic E-state index is 14.3. The highest BCUT2D eigenvalue weighted by atomic mass is 35.5. The molecule has 4 N–H and O–H groups in total.